The normalized spacial score (nSPS) is 19.3. The Balaban J connectivity index is 1.58. The van der Waals surface area contributed by atoms with Gasteiger partial charge in [0.25, 0.3) is 5.69 Å². The van der Waals surface area contributed by atoms with Crippen molar-refractivity contribution in [2.24, 2.45) is 5.10 Å². The zero-order valence-corrected chi connectivity index (χ0v) is 19.0. The molecule has 2 atom stereocenters. The van der Waals surface area contributed by atoms with E-state index in [9.17, 15) is 10.1 Å². The molecule has 2 unspecified atom stereocenters. The van der Waals surface area contributed by atoms with Crippen LogP contribution in [0.3, 0.4) is 0 Å². The second kappa shape index (κ2) is 8.01. The van der Waals surface area contributed by atoms with Crippen LogP contribution in [0.25, 0.3) is 0 Å². The maximum atomic E-state index is 11.3. The maximum Gasteiger partial charge on any atom is 0.269 e. The molecule has 31 heavy (non-hydrogen) atoms. The zero-order valence-electron chi connectivity index (χ0n) is 16.6. The first-order valence-electron chi connectivity index (χ1n) is 9.74. The van der Waals surface area contributed by atoms with Gasteiger partial charge in [-0.1, -0.05) is 40.2 Å². The van der Waals surface area contributed by atoms with Gasteiger partial charge in [-0.2, -0.15) is 5.10 Å². The standard InChI is InChI=1S/C23H18BrN3O3S/c1-31-18-8-5-14(6-9-18)20-13-21-19-12-16(24)7-10-22(19)30-23(26(21)25-20)15-3-2-4-17(11-15)27(28)29/h2-12,21,23H,13H2,1H3. The number of benzene rings is 3. The average molecular weight is 496 g/mol. The predicted molar refractivity (Wildman–Crippen MR) is 125 cm³/mol. The first-order valence-corrected chi connectivity index (χ1v) is 11.8. The predicted octanol–water partition coefficient (Wildman–Crippen LogP) is 6.32. The quantitative estimate of drug-likeness (QED) is 0.240. The van der Waals surface area contributed by atoms with Crippen molar-refractivity contribution < 1.29 is 9.66 Å². The van der Waals surface area contributed by atoms with E-state index < -0.39 is 6.23 Å². The number of halogens is 1. The lowest BCUT2D eigenvalue weighted by Crippen LogP contribution is -2.33. The van der Waals surface area contributed by atoms with Crippen molar-refractivity contribution in [2.75, 3.05) is 6.26 Å². The highest BCUT2D eigenvalue weighted by Crippen LogP contribution is 2.48. The number of hydrogen-bond acceptors (Lipinski definition) is 6. The van der Waals surface area contributed by atoms with Crippen LogP contribution in [-0.2, 0) is 0 Å². The minimum Gasteiger partial charge on any atom is -0.464 e. The molecule has 0 bridgehead atoms. The molecule has 0 saturated carbocycles. The van der Waals surface area contributed by atoms with Gasteiger partial charge in [0, 0.05) is 39.0 Å². The highest BCUT2D eigenvalue weighted by atomic mass is 79.9. The molecule has 2 heterocycles. The van der Waals surface area contributed by atoms with E-state index in [1.807, 2.05) is 23.2 Å². The van der Waals surface area contributed by atoms with Crippen LogP contribution < -0.4 is 4.74 Å². The number of nitro benzene ring substituents is 1. The fraction of sp³-hybridized carbons (Fsp3) is 0.174. The molecule has 0 radical (unpaired) electrons. The summed E-state index contributed by atoms with van der Waals surface area (Å²) in [6.45, 7) is 0. The van der Waals surface area contributed by atoms with Crippen LogP contribution in [0.4, 0.5) is 5.69 Å². The highest BCUT2D eigenvalue weighted by molar-refractivity contribution is 9.10. The molecule has 156 valence electrons. The van der Waals surface area contributed by atoms with E-state index in [0.29, 0.717) is 5.56 Å². The molecule has 0 saturated heterocycles. The third kappa shape index (κ3) is 3.70. The molecule has 5 rings (SSSR count). The van der Waals surface area contributed by atoms with Crippen LogP contribution in [0.2, 0.25) is 0 Å². The minimum absolute atomic E-state index is 0.0132. The molecule has 8 heteroatoms. The third-order valence-electron chi connectivity index (χ3n) is 5.54. The number of nitro groups is 1. The number of rotatable bonds is 4. The molecule has 3 aromatic carbocycles. The summed E-state index contributed by atoms with van der Waals surface area (Å²) in [5, 5.41) is 18.2. The molecule has 0 aliphatic carbocycles. The van der Waals surface area contributed by atoms with Gasteiger partial charge in [-0.15, -0.1) is 11.8 Å². The Kier molecular flexibility index (Phi) is 5.19. The Morgan fingerprint density at radius 3 is 2.71 bits per heavy atom. The van der Waals surface area contributed by atoms with Crippen LogP contribution >= 0.6 is 27.7 Å². The van der Waals surface area contributed by atoms with Crippen molar-refractivity contribution >= 4 is 39.1 Å². The number of ether oxygens (including phenoxy) is 1. The van der Waals surface area contributed by atoms with Gasteiger partial charge in [-0.3, -0.25) is 10.1 Å². The van der Waals surface area contributed by atoms with E-state index in [2.05, 4.69) is 52.5 Å². The largest absolute Gasteiger partial charge is 0.464 e. The van der Waals surface area contributed by atoms with Gasteiger partial charge in [0.1, 0.15) is 5.75 Å². The van der Waals surface area contributed by atoms with Crippen molar-refractivity contribution in [1.82, 2.24) is 5.01 Å². The Morgan fingerprint density at radius 1 is 1.16 bits per heavy atom. The Bertz CT molecular complexity index is 1200. The first kappa shape index (κ1) is 20.1. The Morgan fingerprint density at radius 2 is 1.97 bits per heavy atom. The fourth-order valence-electron chi connectivity index (χ4n) is 4.03. The number of non-ortho nitro benzene ring substituents is 1. The molecule has 0 N–H and O–H groups in total. The molecule has 0 spiro atoms. The van der Waals surface area contributed by atoms with E-state index in [1.165, 1.54) is 11.0 Å². The van der Waals surface area contributed by atoms with Crippen molar-refractivity contribution in [3.63, 3.8) is 0 Å². The minimum atomic E-state index is -0.540. The van der Waals surface area contributed by atoms with E-state index in [0.717, 1.165) is 33.5 Å². The topological polar surface area (TPSA) is 68.0 Å². The van der Waals surface area contributed by atoms with Crippen LogP contribution in [0.1, 0.15) is 35.4 Å². The van der Waals surface area contributed by atoms with Crippen molar-refractivity contribution in [2.45, 2.75) is 23.6 Å². The van der Waals surface area contributed by atoms with Crippen molar-refractivity contribution in [1.29, 1.82) is 0 Å². The van der Waals surface area contributed by atoms with E-state index >= 15 is 0 Å². The lowest BCUT2D eigenvalue weighted by Gasteiger charge is -2.38. The number of nitrogens with zero attached hydrogens (tertiary/aromatic N) is 3. The smallest absolute Gasteiger partial charge is 0.269 e. The van der Waals surface area contributed by atoms with Crippen molar-refractivity contribution in [3.8, 4) is 5.75 Å². The van der Waals surface area contributed by atoms with Gasteiger partial charge in [0.2, 0.25) is 6.23 Å². The summed E-state index contributed by atoms with van der Waals surface area (Å²) in [6, 6.07) is 20.9. The van der Waals surface area contributed by atoms with E-state index in [4.69, 9.17) is 9.84 Å². The van der Waals surface area contributed by atoms with Crippen LogP contribution in [0.15, 0.2) is 81.2 Å². The van der Waals surface area contributed by atoms with E-state index in [-0.39, 0.29) is 16.7 Å². The number of thioether (sulfide) groups is 1. The zero-order chi connectivity index (χ0) is 21.5. The summed E-state index contributed by atoms with van der Waals surface area (Å²) in [4.78, 5) is 12.1. The second-order valence-electron chi connectivity index (χ2n) is 7.38. The molecule has 2 aliphatic rings. The van der Waals surface area contributed by atoms with Gasteiger partial charge < -0.3 is 4.74 Å². The SMILES string of the molecule is CSc1ccc(C2=NN3C(C2)c2cc(Br)ccc2OC3c2cccc([N+](=O)[O-])c2)cc1. The summed E-state index contributed by atoms with van der Waals surface area (Å²) < 4.78 is 7.29. The third-order valence-corrected chi connectivity index (χ3v) is 6.78. The summed E-state index contributed by atoms with van der Waals surface area (Å²) in [5.74, 6) is 0.773. The lowest BCUT2D eigenvalue weighted by atomic mass is 9.96. The lowest BCUT2D eigenvalue weighted by molar-refractivity contribution is -0.385. The van der Waals surface area contributed by atoms with Crippen LogP contribution in [0.5, 0.6) is 5.75 Å². The van der Waals surface area contributed by atoms with Gasteiger partial charge in [0.15, 0.2) is 0 Å². The molecule has 0 fully saturated rings. The Hall–Kier alpha value is -2.84. The fourth-order valence-corrected chi connectivity index (χ4v) is 4.81. The second-order valence-corrected chi connectivity index (χ2v) is 9.17. The molecular weight excluding hydrogens is 478 g/mol. The molecule has 6 nitrogen and oxygen atoms in total. The summed E-state index contributed by atoms with van der Waals surface area (Å²) >= 11 is 5.26. The number of fused-ring (bicyclic) bond motifs is 3. The van der Waals surface area contributed by atoms with Crippen LogP contribution in [-0.4, -0.2) is 21.9 Å². The molecule has 0 amide bonds. The molecule has 3 aromatic rings. The number of hydrogen-bond donors (Lipinski definition) is 0. The summed E-state index contributed by atoms with van der Waals surface area (Å²) in [7, 11) is 0. The van der Waals surface area contributed by atoms with Crippen molar-refractivity contribution in [3.05, 3.63) is 98.0 Å². The maximum absolute atomic E-state index is 11.3. The van der Waals surface area contributed by atoms with Gasteiger partial charge in [-0.25, -0.2) is 5.01 Å². The van der Waals surface area contributed by atoms with Gasteiger partial charge in [-0.05, 0) is 42.2 Å². The van der Waals surface area contributed by atoms with Crippen LogP contribution in [0, 0.1) is 10.1 Å². The number of hydrazone groups is 1. The Labute approximate surface area is 192 Å². The summed E-state index contributed by atoms with van der Waals surface area (Å²) in [5.41, 5.74) is 3.84. The molecular formula is C23H18BrN3O3S. The molecule has 0 aromatic heterocycles. The van der Waals surface area contributed by atoms with Gasteiger partial charge >= 0.3 is 0 Å². The first-order chi connectivity index (χ1) is 15.0. The highest BCUT2D eigenvalue weighted by Gasteiger charge is 2.41. The summed E-state index contributed by atoms with van der Waals surface area (Å²) in [6.07, 6.45) is 2.25. The average Bonchev–Trinajstić information content (AvgIpc) is 3.24. The monoisotopic (exact) mass is 495 g/mol. The molecule has 2 aliphatic heterocycles. The van der Waals surface area contributed by atoms with E-state index in [1.54, 1.807) is 23.9 Å². The van der Waals surface area contributed by atoms with Gasteiger partial charge in [0.05, 0.1) is 16.7 Å².